The standard InChI is InChI=1S/C15H19N5O3S/c1-20-10-18-19-15(20)24-8-6-16-13(21)12-3-2-5-17-14(12)23-11-4-7-22-9-11/h2-3,5,10-11H,4,6-9H2,1H3,(H,16,21)/t11-/m1/s1. The SMILES string of the molecule is Cn1cnnc1SCCNC(=O)c1cccnc1O[C@@H]1CCOC1. The molecule has 128 valence electrons. The van der Waals surface area contributed by atoms with Gasteiger partial charge >= 0.3 is 0 Å². The molecule has 1 fully saturated rings. The van der Waals surface area contributed by atoms with Gasteiger partial charge in [-0.3, -0.25) is 4.79 Å². The number of rotatable bonds is 7. The maximum Gasteiger partial charge on any atom is 0.256 e. The molecule has 2 aromatic heterocycles. The van der Waals surface area contributed by atoms with E-state index in [1.54, 1.807) is 24.7 Å². The highest BCUT2D eigenvalue weighted by Crippen LogP contribution is 2.19. The number of nitrogens with zero attached hydrogens (tertiary/aromatic N) is 4. The highest BCUT2D eigenvalue weighted by Gasteiger charge is 2.21. The quantitative estimate of drug-likeness (QED) is 0.586. The molecule has 3 heterocycles. The smallest absolute Gasteiger partial charge is 0.256 e. The fourth-order valence-corrected chi connectivity index (χ4v) is 2.97. The van der Waals surface area contributed by atoms with Gasteiger partial charge in [0.05, 0.1) is 13.2 Å². The van der Waals surface area contributed by atoms with Crippen LogP contribution >= 0.6 is 11.8 Å². The zero-order chi connectivity index (χ0) is 16.8. The minimum atomic E-state index is -0.199. The summed E-state index contributed by atoms with van der Waals surface area (Å²) in [5.74, 6) is 0.854. The Labute approximate surface area is 144 Å². The van der Waals surface area contributed by atoms with Gasteiger partial charge in [-0.15, -0.1) is 10.2 Å². The molecule has 0 unspecified atom stereocenters. The summed E-state index contributed by atoms with van der Waals surface area (Å²) in [5, 5.41) is 11.5. The van der Waals surface area contributed by atoms with E-state index in [1.807, 2.05) is 11.6 Å². The fourth-order valence-electron chi connectivity index (χ4n) is 2.23. The number of aromatic nitrogens is 4. The Morgan fingerprint density at radius 3 is 3.25 bits per heavy atom. The van der Waals surface area contributed by atoms with Crippen molar-refractivity contribution in [2.24, 2.45) is 7.05 Å². The first kappa shape index (κ1) is 16.7. The van der Waals surface area contributed by atoms with Gasteiger partial charge in [0.15, 0.2) is 5.16 Å². The number of carbonyl (C=O) groups excluding carboxylic acids is 1. The van der Waals surface area contributed by atoms with E-state index in [-0.39, 0.29) is 12.0 Å². The first-order valence-corrected chi connectivity index (χ1v) is 8.67. The highest BCUT2D eigenvalue weighted by atomic mass is 32.2. The average Bonchev–Trinajstić information content (AvgIpc) is 3.24. The van der Waals surface area contributed by atoms with Gasteiger partial charge in [-0.1, -0.05) is 11.8 Å². The van der Waals surface area contributed by atoms with Crippen molar-refractivity contribution in [3.63, 3.8) is 0 Å². The molecule has 9 heteroatoms. The largest absolute Gasteiger partial charge is 0.471 e. The highest BCUT2D eigenvalue weighted by molar-refractivity contribution is 7.99. The summed E-state index contributed by atoms with van der Waals surface area (Å²) >= 11 is 1.53. The predicted octanol–water partition coefficient (Wildman–Crippen LogP) is 0.900. The molecule has 0 bridgehead atoms. The van der Waals surface area contributed by atoms with Gasteiger partial charge in [-0.25, -0.2) is 4.98 Å². The molecule has 1 aliphatic rings. The average molecular weight is 349 g/mol. The van der Waals surface area contributed by atoms with Gasteiger partial charge in [0, 0.05) is 32.0 Å². The van der Waals surface area contributed by atoms with E-state index in [9.17, 15) is 4.79 Å². The molecule has 0 spiro atoms. The Morgan fingerprint density at radius 1 is 1.58 bits per heavy atom. The van der Waals surface area contributed by atoms with Crippen LogP contribution in [-0.4, -0.2) is 57.3 Å². The van der Waals surface area contributed by atoms with E-state index in [0.717, 1.165) is 11.6 Å². The number of aryl methyl sites for hydroxylation is 1. The first-order chi connectivity index (χ1) is 11.7. The fraction of sp³-hybridized carbons (Fsp3) is 0.467. The molecular weight excluding hydrogens is 330 g/mol. The van der Waals surface area contributed by atoms with Crippen LogP contribution in [0.3, 0.4) is 0 Å². The molecule has 0 saturated carbocycles. The monoisotopic (exact) mass is 349 g/mol. The normalized spacial score (nSPS) is 17.0. The molecule has 0 aliphatic carbocycles. The van der Waals surface area contributed by atoms with Crippen molar-refractivity contribution in [2.45, 2.75) is 17.7 Å². The van der Waals surface area contributed by atoms with Crippen molar-refractivity contribution in [2.75, 3.05) is 25.5 Å². The summed E-state index contributed by atoms with van der Waals surface area (Å²) in [6.45, 7) is 1.72. The maximum atomic E-state index is 12.4. The van der Waals surface area contributed by atoms with Gasteiger partial charge in [0.25, 0.3) is 5.91 Å². The van der Waals surface area contributed by atoms with E-state index in [1.165, 1.54) is 11.8 Å². The molecule has 1 amide bonds. The van der Waals surface area contributed by atoms with Crippen LogP contribution in [0.25, 0.3) is 0 Å². The lowest BCUT2D eigenvalue weighted by Gasteiger charge is -2.14. The predicted molar refractivity (Wildman–Crippen MR) is 88.1 cm³/mol. The van der Waals surface area contributed by atoms with Gasteiger partial charge in [0.2, 0.25) is 5.88 Å². The van der Waals surface area contributed by atoms with Crippen molar-refractivity contribution in [3.05, 3.63) is 30.2 Å². The van der Waals surface area contributed by atoms with Gasteiger partial charge in [0.1, 0.15) is 18.0 Å². The van der Waals surface area contributed by atoms with E-state index in [0.29, 0.717) is 37.0 Å². The number of ether oxygens (including phenoxy) is 2. The summed E-state index contributed by atoms with van der Waals surface area (Å²) in [6.07, 6.45) is 4.03. The maximum absolute atomic E-state index is 12.4. The lowest BCUT2D eigenvalue weighted by atomic mass is 10.2. The molecule has 1 saturated heterocycles. The summed E-state index contributed by atoms with van der Waals surface area (Å²) in [6, 6.07) is 3.44. The Kier molecular flexibility index (Phi) is 5.65. The Morgan fingerprint density at radius 2 is 2.50 bits per heavy atom. The molecule has 8 nitrogen and oxygen atoms in total. The second kappa shape index (κ2) is 8.11. The first-order valence-electron chi connectivity index (χ1n) is 7.68. The number of nitrogens with one attached hydrogen (secondary N) is 1. The van der Waals surface area contributed by atoms with Crippen molar-refractivity contribution < 1.29 is 14.3 Å². The Hall–Kier alpha value is -2.13. The zero-order valence-electron chi connectivity index (χ0n) is 13.3. The summed E-state index contributed by atoms with van der Waals surface area (Å²) in [5.41, 5.74) is 0.438. The molecule has 2 aromatic rings. The third kappa shape index (κ3) is 4.24. The van der Waals surface area contributed by atoms with Crippen LogP contribution < -0.4 is 10.1 Å². The van der Waals surface area contributed by atoms with Crippen LogP contribution in [0.15, 0.2) is 29.8 Å². The number of thioether (sulfide) groups is 1. The third-order valence-electron chi connectivity index (χ3n) is 3.47. The van der Waals surface area contributed by atoms with Crippen molar-refractivity contribution >= 4 is 17.7 Å². The van der Waals surface area contributed by atoms with Crippen molar-refractivity contribution in [1.29, 1.82) is 0 Å². The lowest BCUT2D eigenvalue weighted by molar-refractivity contribution is 0.0943. The molecule has 3 rings (SSSR count). The van der Waals surface area contributed by atoms with Crippen molar-refractivity contribution in [3.8, 4) is 5.88 Å². The topological polar surface area (TPSA) is 91.2 Å². The molecule has 1 atom stereocenters. The van der Waals surface area contributed by atoms with Gasteiger partial charge in [-0.2, -0.15) is 0 Å². The third-order valence-corrected chi connectivity index (χ3v) is 4.51. The second-order valence-corrected chi connectivity index (χ2v) is 6.35. The van der Waals surface area contributed by atoms with Crippen LogP contribution in [0.1, 0.15) is 16.8 Å². The number of hydrogen-bond donors (Lipinski definition) is 1. The Balaban J connectivity index is 1.51. The molecule has 0 radical (unpaired) electrons. The molecule has 1 aliphatic heterocycles. The van der Waals surface area contributed by atoms with Gasteiger partial charge in [-0.05, 0) is 12.1 Å². The van der Waals surface area contributed by atoms with E-state index in [2.05, 4.69) is 20.5 Å². The number of hydrogen-bond acceptors (Lipinski definition) is 7. The summed E-state index contributed by atoms with van der Waals surface area (Å²) < 4.78 is 12.9. The second-order valence-electron chi connectivity index (χ2n) is 5.29. The zero-order valence-corrected chi connectivity index (χ0v) is 14.2. The molecule has 1 N–H and O–H groups in total. The van der Waals surface area contributed by atoms with Crippen molar-refractivity contribution in [1.82, 2.24) is 25.1 Å². The van der Waals surface area contributed by atoms with Crippen LogP contribution in [0, 0.1) is 0 Å². The number of carbonyl (C=O) groups is 1. The molecule has 24 heavy (non-hydrogen) atoms. The minimum Gasteiger partial charge on any atom is -0.471 e. The van der Waals surface area contributed by atoms with E-state index >= 15 is 0 Å². The van der Waals surface area contributed by atoms with Crippen LogP contribution in [0.4, 0.5) is 0 Å². The molecular formula is C15H19N5O3S. The number of amides is 1. The van der Waals surface area contributed by atoms with E-state index in [4.69, 9.17) is 9.47 Å². The lowest BCUT2D eigenvalue weighted by Crippen LogP contribution is -2.27. The minimum absolute atomic E-state index is 0.0436. The van der Waals surface area contributed by atoms with E-state index < -0.39 is 0 Å². The van der Waals surface area contributed by atoms with Gasteiger partial charge < -0.3 is 19.4 Å². The summed E-state index contributed by atoms with van der Waals surface area (Å²) in [4.78, 5) is 16.5. The molecule has 0 aromatic carbocycles. The van der Waals surface area contributed by atoms with Crippen LogP contribution in [0.2, 0.25) is 0 Å². The summed E-state index contributed by atoms with van der Waals surface area (Å²) in [7, 11) is 1.88. The Bertz CT molecular complexity index is 687. The number of pyridine rings is 1. The van der Waals surface area contributed by atoms with Crippen LogP contribution in [0.5, 0.6) is 5.88 Å². The van der Waals surface area contributed by atoms with Crippen LogP contribution in [-0.2, 0) is 11.8 Å².